The lowest BCUT2D eigenvalue weighted by Crippen LogP contribution is -2.42. The van der Waals surface area contributed by atoms with Crippen LogP contribution in [-0.4, -0.2) is 51.1 Å². The number of para-hydroxylation sites is 1. The van der Waals surface area contributed by atoms with Crippen molar-refractivity contribution in [2.45, 2.75) is 12.5 Å². The molecule has 6 nitrogen and oxygen atoms in total. The van der Waals surface area contributed by atoms with Crippen molar-refractivity contribution >= 4 is 17.6 Å². The van der Waals surface area contributed by atoms with Crippen LogP contribution in [0.25, 0.3) is 0 Å². The van der Waals surface area contributed by atoms with E-state index in [1.165, 1.54) is 4.90 Å². The molecule has 21 heavy (non-hydrogen) atoms. The number of fused-ring (bicyclic) bond motifs is 1. The van der Waals surface area contributed by atoms with Crippen molar-refractivity contribution in [2.75, 3.05) is 39.1 Å². The number of nitrogens with one attached hydrogen (secondary N) is 2. The lowest BCUT2D eigenvalue weighted by Gasteiger charge is -2.32. The third-order valence-electron chi connectivity index (χ3n) is 3.62. The molecule has 3 amide bonds. The number of hydrogen-bond donors (Lipinski definition) is 2. The summed E-state index contributed by atoms with van der Waals surface area (Å²) in [5.41, 5.74) is 2.07. The van der Waals surface area contributed by atoms with Gasteiger partial charge in [0.1, 0.15) is 0 Å². The molecule has 1 aliphatic heterocycles. The van der Waals surface area contributed by atoms with Gasteiger partial charge in [0.05, 0.1) is 0 Å². The Labute approximate surface area is 125 Å². The molecule has 0 spiro atoms. The fraction of sp³-hybridized carbons (Fsp3) is 0.467. The van der Waals surface area contributed by atoms with Crippen molar-refractivity contribution in [3.63, 3.8) is 0 Å². The largest absolute Gasteiger partial charge is 0.337 e. The molecule has 2 rings (SSSR count). The highest BCUT2D eigenvalue weighted by atomic mass is 16.2. The van der Waals surface area contributed by atoms with Crippen LogP contribution < -0.4 is 15.5 Å². The summed E-state index contributed by atoms with van der Waals surface area (Å²) in [7, 11) is 5.21. The zero-order chi connectivity index (χ0) is 15.4. The van der Waals surface area contributed by atoms with E-state index in [9.17, 15) is 9.59 Å². The van der Waals surface area contributed by atoms with Gasteiger partial charge in [-0.25, -0.2) is 4.79 Å². The summed E-state index contributed by atoms with van der Waals surface area (Å²) in [6.07, 6.45) is 0.440. The molecular formula is C15H22N4O2. The topological polar surface area (TPSA) is 64.7 Å². The maximum Gasteiger partial charge on any atom is 0.316 e. The Kier molecular flexibility index (Phi) is 4.80. The van der Waals surface area contributed by atoms with E-state index < -0.39 is 0 Å². The van der Waals surface area contributed by atoms with Crippen molar-refractivity contribution in [3.8, 4) is 0 Å². The fourth-order valence-electron chi connectivity index (χ4n) is 2.40. The molecule has 0 bridgehead atoms. The Morgan fingerprint density at radius 2 is 2.05 bits per heavy atom. The van der Waals surface area contributed by atoms with Crippen molar-refractivity contribution < 1.29 is 9.59 Å². The average Bonchev–Trinajstić information content (AvgIpc) is 2.48. The van der Waals surface area contributed by atoms with Crippen molar-refractivity contribution in [2.24, 2.45) is 0 Å². The molecule has 1 heterocycles. The number of nitrogens with zero attached hydrogens (tertiary/aromatic N) is 2. The van der Waals surface area contributed by atoms with E-state index in [-0.39, 0.29) is 18.0 Å². The standard InChI is InChI=1S/C15H22N4O2/c1-18(2)15(21)17-9-8-16-12-10-14(20)19(3)13-7-5-4-6-11(12)13/h4-7,12,16H,8-10H2,1-3H3,(H,17,21). The molecule has 0 aromatic heterocycles. The first-order valence-corrected chi connectivity index (χ1v) is 7.04. The van der Waals surface area contributed by atoms with Gasteiger partial charge in [0.25, 0.3) is 0 Å². The molecular weight excluding hydrogens is 268 g/mol. The predicted molar refractivity (Wildman–Crippen MR) is 82.3 cm³/mol. The van der Waals surface area contributed by atoms with Crippen LogP contribution in [0.4, 0.5) is 10.5 Å². The molecule has 0 saturated carbocycles. The second kappa shape index (κ2) is 6.58. The van der Waals surface area contributed by atoms with E-state index in [0.29, 0.717) is 19.5 Å². The van der Waals surface area contributed by atoms with E-state index >= 15 is 0 Å². The van der Waals surface area contributed by atoms with Gasteiger partial charge in [-0.15, -0.1) is 0 Å². The van der Waals surface area contributed by atoms with E-state index in [4.69, 9.17) is 0 Å². The SMILES string of the molecule is CN(C)C(=O)NCCNC1CC(=O)N(C)c2ccccc21. The number of rotatable bonds is 4. The minimum Gasteiger partial charge on any atom is -0.337 e. The first-order valence-electron chi connectivity index (χ1n) is 7.04. The summed E-state index contributed by atoms with van der Waals surface area (Å²) in [6, 6.07) is 7.79. The molecule has 0 fully saturated rings. The van der Waals surface area contributed by atoms with Crippen LogP contribution in [0.3, 0.4) is 0 Å². The average molecular weight is 290 g/mol. The second-order valence-corrected chi connectivity index (χ2v) is 5.35. The molecule has 1 atom stereocenters. The number of benzene rings is 1. The zero-order valence-corrected chi connectivity index (χ0v) is 12.7. The third kappa shape index (κ3) is 3.52. The lowest BCUT2D eigenvalue weighted by molar-refractivity contribution is -0.119. The van der Waals surface area contributed by atoms with Crippen LogP contribution in [-0.2, 0) is 4.79 Å². The Hall–Kier alpha value is -2.08. The summed E-state index contributed by atoms with van der Waals surface area (Å²) >= 11 is 0. The molecule has 1 aliphatic rings. The van der Waals surface area contributed by atoms with Crippen LogP contribution in [0.1, 0.15) is 18.0 Å². The van der Waals surface area contributed by atoms with Gasteiger partial charge in [0.2, 0.25) is 5.91 Å². The zero-order valence-electron chi connectivity index (χ0n) is 12.7. The predicted octanol–water partition coefficient (Wildman–Crippen LogP) is 0.955. The van der Waals surface area contributed by atoms with E-state index in [0.717, 1.165) is 11.3 Å². The van der Waals surface area contributed by atoms with Crippen LogP contribution in [0.2, 0.25) is 0 Å². The lowest BCUT2D eigenvalue weighted by atomic mass is 9.96. The molecule has 114 valence electrons. The molecule has 1 unspecified atom stereocenters. The van der Waals surface area contributed by atoms with Crippen LogP contribution in [0.15, 0.2) is 24.3 Å². The number of amides is 3. The van der Waals surface area contributed by atoms with Gasteiger partial charge in [0.15, 0.2) is 0 Å². The summed E-state index contributed by atoms with van der Waals surface area (Å²) in [4.78, 5) is 26.6. The van der Waals surface area contributed by atoms with Crippen molar-refractivity contribution in [1.82, 2.24) is 15.5 Å². The van der Waals surface area contributed by atoms with Crippen LogP contribution >= 0.6 is 0 Å². The van der Waals surface area contributed by atoms with E-state index in [1.54, 1.807) is 26.0 Å². The van der Waals surface area contributed by atoms with E-state index in [2.05, 4.69) is 10.6 Å². The van der Waals surface area contributed by atoms with Gasteiger partial charge in [-0.2, -0.15) is 0 Å². The Morgan fingerprint density at radius 3 is 2.76 bits per heavy atom. The maximum absolute atomic E-state index is 12.0. The normalized spacial score (nSPS) is 17.4. The number of carbonyl (C=O) groups is 2. The molecule has 1 aromatic rings. The van der Waals surface area contributed by atoms with Gasteiger partial charge in [-0.05, 0) is 11.6 Å². The summed E-state index contributed by atoms with van der Waals surface area (Å²) in [6.45, 7) is 1.15. The van der Waals surface area contributed by atoms with Crippen molar-refractivity contribution in [3.05, 3.63) is 29.8 Å². The number of hydrogen-bond acceptors (Lipinski definition) is 3. The number of anilines is 1. The number of urea groups is 1. The molecule has 1 aromatic carbocycles. The Morgan fingerprint density at radius 1 is 1.33 bits per heavy atom. The van der Waals surface area contributed by atoms with Gasteiger partial charge in [-0.3, -0.25) is 4.79 Å². The van der Waals surface area contributed by atoms with Gasteiger partial charge in [-0.1, -0.05) is 18.2 Å². The fourth-order valence-corrected chi connectivity index (χ4v) is 2.40. The number of carbonyl (C=O) groups excluding carboxylic acids is 2. The third-order valence-corrected chi connectivity index (χ3v) is 3.62. The molecule has 6 heteroatoms. The molecule has 0 saturated heterocycles. The van der Waals surface area contributed by atoms with Crippen LogP contribution in [0.5, 0.6) is 0 Å². The van der Waals surface area contributed by atoms with Crippen molar-refractivity contribution in [1.29, 1.82) is 0 Å². The highest BCUT2D eigenvalue weighted by Gasteiger charge is 2.28. The van der Waals surface area contributed by atoms with Gasteiger partial charge >= 0.3 is 6.03 Å². The molecule has 0 aliphatic carbocycles. The summed E-state index contributed by atoms with van der Waals surface area (Å²) in [5.74, 6) is 0.100. The smallest absolute Gasteiger partial charge is 0.316 e. The highest BCUT2D eigenvalue weighted by Crippen LogP contribution is 2.33. The highest BCUT2D eigenvalue weighted by molar-refractivity contribution is 5.96. The second-order valence-electron chi connectivity index (χ2n) is 5.35. The van der Waals surface area contributed by atoms with Gasteiger partial charge < -0.3 is 20.4 Å². The Balaban J connectivity index is 1.94. The minimum absolute atomic E-state index is 0.00107. The van der Waals surface area contributed by atoms with Crippen LogP contribution in [0, 0.1) is 0 Å². The maximum atomic E-state index is 12.0. The summed E-state index contributed by atoms with van der Waals surface area (Å²) < 4.78 is 0. The summed E-state index contributed by atoms with van der Waals surface area (Å²) in [5, 5.41) is 6.14. The minimum atomic E-state index is -0.114. The molecule has 2 N–H and O–H groups in total. The quantitative estimate of drug-likeness (QED) is 0.812. The van der Waals surface area contributed by atoms with E-state index in [1.807, 2.05) is 24.3 Å². The monoisotopic (exact) mass is 290 g/mol. The Bertz CT molecular complexity index is 530. The van der Waals surface area contributed by atoms with Gasteiger partial charge in [0, 0.05) is 52.4 Å². The molecule has 0 radical (unpaired) electrons. The first kappa shape index (κ1) is 15.3. The first-order chi connectivity index (χ1) is 10.0.